The molecule has 0 aliphatic heterocycles. The van der Waals surface area contributed by atoms with Gasteiger partial charge in [-0.2, -0.15) is 0 Å². The number of halogens is 1. The summed E-state index contributed by atoms with van der Waals surface area (Å²) in [5.41, 5.74) is 1.73. The van der Waals surface area contributed by atoms with E-state index in [0.717, 1.165) is 39.2 Å². The summed E-state index contributed by atoms with van der Waals surface area (Å²) in [6.07, 6.45) is 4.66. The van der Waals surface area contributed by atoms with Crippen molar-refractivity contribution in [3.05, 3.63) is 39.4 Å². The number of aliphatic hydroxyl groups is 1. The highest BCUT2D eigenvalue weighted by Crippen LogP contribution is 2.44. The molecule has 94 valence electrons. The van der Waals surface area contributed by atoms with Crippen LogP contribution in [0.15, 0.2) is 28.9 Å². The average Bonchev–Trinajstić information content (AvgIpc) is 2.74. The van der Waals surface area contributed by atoms with E-state index < -0.39 is 5.60 Å². The van der Waals surface area contributed by atoms with E-state index in [1.54, 1.807) is 11.3 Å². The number of aryl methyl sites for hydroxylation is 1. The van der Waals surface area contributed by atoms with Crippen LogP contribution < -0.4 is 0 Å². The molecule has 0 amide bonds. The van der Waals surface area contributed by atoms with Crippen molar-refractivity contribution >= 4 is 27.3 Å². The van der Waals surface area contributed by atoms with Gasteiger partial charge in [-0.15, -0.1) is 11.3 Å². The van der Waals surface area contributed by atoms with E-state index in [2.05, 4.69) is 46.0 Å². The molecule has 0 saturated heterocycles. The minimum atomic E-state index is -0.649. The van der Waals surface area contributed by atoms with E-state index in [1.165, 1.54) is 5.56 Å². The van der Waals surface area contributed by atoms with Gasteiger partial charge in [-0.25, -0.2) is 4.98 Å². The second-order valence-electron chi connectivity index (χ2n) is 4.93. The van der Waals surface area contributed by atoms with E-state index in [1.807, 2.05) is 6.20 Å². The van der Waals surface area contributed by atoms with E-state index in [0.29, 0.717) is 0 Å². The molecule has 2 nitrogen and oxygen atoms in total. The maximum Gasteiger partial charge on any atom is 0.125 e. The van der Waals surface area contributed by atoms with Crippen molar-refractivity contribution in [2.45, 2.75) is 31.8 Å². The van der Waals surface area contributed by atoms with Gasteiger partial charge in [0.2, 0.25) is 0 Å². The van der Waals surface area contributed by atoms with Crippen LogP contribution in [0.1, 0.15) is 29.8 Å². The van der Waals surface area contributed by atoms with Gasteiger partial charge in [0.15, 0.2) is 0 Å². The highest BCUT2D eigenvalue weighted by molar-refractivity contribution is 9.10. The van der Waals surface area contributed by atoms with Crippen molar-refractivity contribution < 1.29 is 5.11 Å². The Morgan fingerprint density at radius 3 is 2.72 bits per heavy atom. The third-order valence-electron chi connectivity index (χ3n) is 3.41. The van der Waals surface area contributed by atoms with Gasteiger partial charge in [0.1, 0.15) is 10.6 Å². The largest absolute Gasteiger partial charge is 0.383 e. The lowest BCUT2D eigenvalue weighted by Crippen LogP contribution is -2.33. The standard InChI is InChI=1S/C14H14BrNOS/c1-9-5-10(7-11(15)6-9)12-8-16-13(18-12)14(17)3-2-4-14/h5-8,17H,2-4H2,1H3. The first-order valence-electron chi connectivity index (χ1n) is 6.03. The van der Waals surface area contributed by atoms with Crippen LogP contribution in [-0.2, 0) is 5.60 Å². The van der Waals surface area contributed by atoms with Crippen LogP contribution in [0.3, 0.4) is 0 Å². The van der Waals surface area contributed by atoms with Crippen LogP contribution in [0.2, 0.25) is 0 Å². The summed E-state index contributed by atoms with van der Waals surface area (Å²) in [6.45, 7) is 2.08. The zero-order valence-electron chi connectivity index (χ0n) is 10.1. The second kappa shape index (κ2) is 4.44. The fourth-order valence-corrected chi connectivity index (χ4v) is 3.88. The summed E-state index contributed by atoms with van der Waals surface area (Å²) >= 11 is 5.12. The minimum Gasteiger partial charge on any atom is -0.383 e. The van der Waals surface area contributed by atoms with Crippen molar-refractivity contribution in [2.75, 3.05) is 0 Å². The Bertz CT molecular complexity index is 569. The van der Waals surface area contributed by atoms with E-state index in [-0.39, 0.29) is 0 Å². The van der Waals surface area contributed by atoms with Gasteiger partial charge in [0.05, 0.1) is 4.88 Å². The lowest BCUT2D eigenvalue weighted by molar-refractivity contribution is -0.0389. The molecule has 1 fully saturated rings. The Balaban J connectivity index is 1.97. The predicted molar refractivity (Wildman–Crippen MR) is 77.7 cm³/mol. The smallest absolute Gasteiger partial charge is 0.125 e. The molecule has 1 N–H and O–H groups in total. The number of aromatic nitrogens is 1. The van der Waals surface area contributed by atoms with Crippen LogP contribution in [0.4, 0.5) is 0 Å². The van der Waals surface area contributed by atoms with E-state index in [4.69, 9.17) is 0 Å². The molecule has 1 heterocycles. The van der Waals surface area contributed by atoms with Crippen LogP contribution in [0, 0.1) is 6.92 Å². The van der Waals surface area contributed by atoms with Gasteiger partial charge in [-0.3, -0.25) is 0 Å². The number of rotatable bonds is 2. The van der Waals surface area contributed by atoms with Gasteiger partial charge in [0.25, 0.3) is 0 Å². The number of hydrogen-bond acceptors (Lipinski definition) is 3. The molecule has 0 radical (unpaired) electrons. The van der Waals surface area contributed by atoms with Gasteiger partial charge < -0.3 is 5.11 Å². The zero-order chi connectivity index (χ0) is 12.8. The SMILES string of the molecule is Cc1cc(Br)cc(-c2cnc(C3(O)CCC3)s2)c1. The first-order chi connectivity index (χ1) is 8.57. The van der Waals surface area contributed by atoms with Gasteiger partial charge in [-0.05, 0) is 49.4 Å². The lowest BCUT2D eigenvalue weighted by atomic mass is 9.81. The average molecular weight is 324 g/mol. The topological polar surface area (TPSA) is 33.1 Å². The van der Waals surface area contributed by atoms with Gasteiger partial charge in [0, 0.05) is 10.7 Å². The molecule has 0 bridgehead atoms. The number of hydrogen-bond donors (Lipinski definition) is 1. The number of nitrogens with zero attached hydrogens (tertiary/aromatic N) is 1. The van der Waals surface area contributed by atoms with Crippen molar-refractivity contribution in [2.24, 2.45) is 0 Å². The molecular formula is C14H14BrNOS. The molecule has 0 unspecified atom stereocenters. The molecule has 18 heavy (non-hydrogen) atoms. The van der Waals surface area contributed by atoms with E-state index in [9.17, 15) is 5.11 Å². The maximum absolute atomic E-state index is 10.3. The van der Waals surface area contributed by atoms with Gasteiger partial charge in [-0.1, -0.05) is 22.0 Å². The fraction of sp³-hybridized carbons (Fsp3) is 0.357. The van der Waals surface area contributed by atoms with Crippen molar-refractivity contribution in [3.8, 4) is 10.4 Å². The van der Waals surface area contributed by atoms with Crippen LogP contribution in [0.5, 0.6) is 0 Å². The molecular weight excluding hydrogens is 310 g/mol. The summed E-state index contributed by atoms with van der Waals surface area (Å²) in [5.74, 6) is 0. The molecule has 1 aliphatic carbocycles. The first kappa shape index (κ1) is 12.3. The lowest BCUT2D eigenvalue weighted by Gasteiger charge is -2.34. The summed E-state index contributed by atoms with van der Waals surface area (Å²) in [6, 6.07) is 6.33. The van der Waals surface area contributed by atoms with E-state index >= 15 is 0 Å². The molecule has 1 saturated carbocycles. The Morgan fingerprint density at radius 1 is 1.33 bits per heavy atom. The van der Waals surface area contributed by atoms with Crippen LogP contribution in [-0.4, -0.2) is 10.1 Å². The summed E-state index contributed by atoms with van der Waals surface area (Å²) < 4.78 is 1.08. The number of benzene rings is 1. The van der Waals surface area contributed by atoms with Crippen LogP contribution in [0.25, 0.3) is 10.4 Å². The second-order valence-corrected chi connectivity index (χ2v) is 6.88. The summed E-state index contributed by atoms with van der Waals surface area (Å²) in [4.78, 5) is 5.52. The maximum atomic E-state index is 10.3. The third kappa shape index (κ3) is 2.13. The Kier molecular flexibility index (Phi) is 3.04. The Labute approximate surface area is 119 Å². The summed E-state index contributed by atoms with van der Waals surface area (Å²) in [5, 5.41) is 11.2. The van der Waals surface area contributed by atoms with Crippen molar-refractivity contribution in [1.82, 2.24) is 4.98 Å². The Morgan fingerprint density at radius 2 is 2.11 bits per heavy atom. The zero-order valence-corrected chi connectivity index (χ0v) is 12.5. The van der Waals surface area contributed by atoms with Gasteiger partial charge >= 0.3 is 0 Å². The quantitative estimate of drug-likeness (QED) is 0.896. The number of thiazole rings is 1. The predicted octanol–water partition coefficient (Wildman–Crippen LogP) is 4.25. The van der Waals surface area contributed by atoms with Crippen molar-refractivity contribution in [1.29, 1.82) is 0 Å². The van der Waals surface area contributed by atoms with Crippen molar-refractivity contribution in [3.63, 3.8) is 0 Å². The minimum absolute atomic E-state index is 0.649. The highest BCUT2D eigenvalue weighted by Gasteiger charge is 2.39. The molecule has 1 aliphatic rings. The molecule has 1 aromatic carbocycles. The first-order valence-corrected chi connectivity index (χ1v) is 7.64. The third-order valence-corrected chi connectivity index (χ3v) is 5.11. The highest BCUT2D eigenvalue weighted by atomic mass is 79.9. The van der Waals surface area contributed by atoms with Crippen LogP contribution >= 0.6 is 27.3 Å². The fourth-order valence-electron chi connectivity index (χ4n) is 2.23. The molecule has 0 spiro atoms. The monoisotopic (exact) mass is 323 g/mol. The molecule has 3 rings (SSSR count). The Hall–Kier alpha value is -0.710. The summed E-state index contributed by atoms with van der Waals surface area (Å²) in [7, 11) is 0. The molecule has 1 aromatic heterocycles. The molecule has 4 heteroatoms. The molecule has 2 aromatic rings. The normalized spacial score (nSPS) is 17.5. The molecule has 0 atom stereocenters.